The van der Waals surface area contributed by atoms with E-state index in [0.717, 1.165) is 13.0 Å². The van der Waals surface area contributed by atoms with Crippen LogP contribution < -0.4 is 10.6 Å². The third-order valence-electron chi connectivity index (χ3n) is 4.28. The lowest BCUT2D eigenvalue weighted by atomic mass is 10.1. The lowest BCUT2D eigenvalue weighted by molar-refractivity contribution is 0.0598. The highest BCUT2D eigenvalue weighted by Gasteiger charge is 2.15. The molecule has 2 aromatic rings. The van der Waals surface area contributed by atoms with Gasteiger partial charge >= 0.3 is 5.97 Å². The van der Waals surface area contributed by atoms with E-state index in [2.05, 4.69) is 34.7 Å². The molecule has 1 aromatic heterocycles. The Kier molecular flexibility index (Phi) is 8.55. The number of hydrogen-bond donors (Lipinski definition) is 2. The van der Waals surface area contributed by atoms with E-state index in [9.17, 15) is 4.79 Å². The molecule has 0 saturated heterocycles. The molecular weight excluding hydrogens is 358 g/mol. The molecule has 1 aromatic carbocycles. The number of esters is 1. The SMILES string of the molecule is CN=C(NCCCOC(C)c1ccccc1)NCc1cc(C(=O)OC)c(C)o1. The van der Waals surface area contributed by atoms with Crippen molar-refractivity contribution in [3.8, 4) is 0 Å². The zero-order chi connectivity index (χ0) is 20.4. The van der Waals surface area contributed by atoms with Crippen molar-refractivity contribution in [2.45, 2.75) is 32.9 Å². The van der Waals surface area contributed by atoms with Crippen molar-refractivity contribution < 1.29 is 18.7 Å². The van der Waals surface area contributed by atoms with Crippen LogP contribution >= 0.6 is 0 Å². The molecule has 0 spiro atoms. The van der Waals surface area contributed by atoms with Crippen molar-refractivity contribution >= 4 is 11.9 Å². The first-order valence-corrected chi connectivity index (χ1v) is 9.33. The van der Waals surface area contributed by atoms with Crippen LogP contribution in [0.3, 0.4) is 0 Å². The summed E-state index contributed by atoms with van der Waals surface area (Å²) in [7, 11) is 3.05. The molecule has 1 atom stereocenters. The average molecular weight is 387 g/mol. The van der Waals surface area contributed by atoms with Crippen LogP contribution in [0.5, 0.6) is 0 Å². The lowest BCUT2D eigenvalue weighted by Gasteiger charge is -2.14. The molecule has 28 heavy (non-hydrogen) atoms. The van der Waals surface area contributed by atoms with Crippen molar-refractivity contribution in [2.75, 3.05) is 27.3 Å². The average Bonchev–Trinajstić information content (AvgIpc) is 3.10. The Balaban J connectivity index is 1.68. The number of nitrogens with one attached hydrogen (secondary N) is 2. The maximum atomic E-state index is 11.6. The van der Waals surface area contributed by atoms with Crippen LogP contribution in [0.4, 0.5) is 0 Å². The maximum Gasteiger partial charge on any atom is 0.341 e. The zero-order valence-corrected chi connectivity index (χ0v) is 17.0. The Morgan fingerprint density at radius 1 is 1.25 bits per heavy atom. The number of guanidine groups is 1. The molecular formula is C21H29N3O4. The molecule has 7 heteroatoms. The number of nitrogens with zero attached hydrogens (tertiary/aromatic N) is 1. The fraction of sp³-hybridized carbons (Fsp3) is 0.429. The van der Waals surface area contributed by atoms with Gasteiger partial charge in [-0.15, -0.1) is 0 Å². The van der Waals surface area contributed by atoms with Crippen molar-refractivity contribution in [3.05, 3.63) is 59.0 Å². The molecule has 0 aliphatic heterocycles. The Morgan fingerprint density at radius 3 is 2.68 bits per heavy atom. The van der Waals surface area contributed by atoms with Gasteiger partial charge < -0.3 is 24.5 Å². The van der Waals surface area contributed by atoms with E-state index in [0.29, 0.717) is 36.2 Å². The Hall–Kier alpha value is -2.80. The van der Waals surface area contributed by atoms with Gasteiger partial charge in [0.15, 0.2) is 5.96 Å². The van der Waals surface area contributed by atoms with Gasteiger partial charge in [0.1, 0.15) is 17.1 Å². The number of benzene rings is 1. The topological polar surface area (TPSA) is 85.1 Å². The number of hydrogen-bond acceptors (Lipinski definition) is 5. The van der Waals surface area contributed by atoms with E-state index in [-0.39, 0.29) is 6.10 Å². The van der Waals surface area contributed by atoms with Crippen LogP contribution in [0.25, 0.3) is 0 Å². The summed E-state index contributed by atoms with van der Waals surface area (Å²) in [6.45, 7) is 5.58. The minimum atomic E-state index is -0.403. The third-order valence-corrected chi connectivity index (χ3v) is 4.28. The van der Waals surface area contributed by atoms with Gasteiger partial charge in [-0.05, 0) is 31.9 Å². The minimum absolute atomic E-state index is 0.0739. The van der Waals surface area contributed by atoms with E-state index in [1.807, 2.05) is 18.2 Å². The van der Waals surface area contributed by atoms with Gasteiger partial charge in [0.2, 0.25) is 0 Å². The summed E-state index contributed by atoms with van der Waals surface area (Å²) in [5.41, 5.74) is 1.61. The number of aliphatic imine (C=N–C) groups is 1. The number of carbonyl (C=O) groups is 1. The van der Waals surface area contributed by atoms with Gasteiger partial charge in [0.05, 0.1) is 19.8 Å². The molecule has 0 aliphatic rings. The van der Waals surface area contributed by atoms with Gasteiger partial charge in [-0.2, -0.15) is 0 Å². The second-order valence-corrected chi connectivity index (χ2v) is 6.30. The normalized spacial score (nSPS) is 12.5. The molecule has 2 N–H and O–H groups in total. The quantitative estimate of drug-likeness (QED) is 0.297. The first kappa shape index (κ1) is 21.5. The molecule has 152 valence electrons. The van der Waals surface area contributed by atoms with Gasteiger partial charge in [0.25, 0.3) is 0 Å². The first-order chi connectivity index (χ1) is 13.5. The number of methoxy groups -OCH3 is 1. The van der Waals surface area contributed by atoms with Crippen LogP contribution in [0.15, 0.2) is 45.8 Å². The molecule has 0 saturated carbocycles. The molecule has 7 nitrogen and oxygen atoms in total. The summed E-state index contributed by atoms with van der Waals surface area (Å²) in [4.78, 5) is 15.8. The van der Waals surface area contributed by atoms with Crippen LogP contribution in [0.1, 0.15) is 46.9 Å². The number of rotatable bonds is 9. The minimum Gasteiger partial charge on any atom is -0.465 e. The zero-order valence-electron chi connectivity index (χ0n) is 17.0. The number of carbonyl (C=O) groups excluding carboxylic acids is 1. The van der Waals surface area contributed by atoms with E-state index in [4.69, 9.17) is 13.9 Å². The smallest absolute Gasteiger partial charge is 0.341 e. The Bertz CT molecular complexity index is 771. The first-order valence-electron chi connectivity index (χ1n) is 9.33. The van der Waals surface area contributed by atoms with E-state index < -0.39 is 5.97 Å². The highest BCUT2D eigenvalue weighted by atomic mass is 16.5. The molecule has 2 rings (SSSR count). The van der Waals surface area contributed by atoms with Crippen LogP contribution in [-0.4, -0.2) is 39.2 Å². The summed E-state index contributed by atoms with van der Waals surface area (Å²) >= 11 is 0. The highest BCUT2D eigenvalue weighted by Crippen LogP contribution is 2.16. The maximum absolute atomic E-state index is 11.6. The fourth-order valence-electron chi connectivity index (χ4n) is 2.69. The summed E-state index contributed by atoms with van der Waals surface area (Å²) in [5, 5.41) is 6.40. The third kappa shape index (κ3) is 6.42. The molecule has 0 aliphatic carbocycles. The van der Waals surface area contributed by atoms with Gasteiger partial charge in [0, 0.05) is 20.2 Å². The number of furan rings is 1. The monoisotopic (exact) mass is 387 g/mol. The summed E-state index contributed by atoms with van der Waals surface area (Å²) in [6.07, 6.45) is 0.925. The predicted octanol–water partition coefficient (Wildman–Crippen LogP) is 3.21. The number of aryl methyl sites for hydroxylation is 1. The summed E-state index contributed by atoms with van der Waals surface area (Å²) in [5.74, 6) is 1.43. The van der Waals surface area contributed by atoms with Crippen molar-refractivity contribution in [2.24, 2.45) is 4.99 Å². The van der Waals surface area contributed by atoms with Gasteiger partial charge in [-0.1, -0.05) is 30.3 Å². The Labute approximate surface area is 166 Å². The molecule has 1 heterocycles. The molecule has 0 fully saturated rings. The van der Waals surface area contributed by atoms with E-state index >= 15 is 0 Å². The predicted molar refractivity (Wildman–Crippen MR) is 108 cm³/mol. The number of ether oxygens (including phenoxy) is 2. The summed E-state index contributed by atoms with van der Waals surface area (Å²) < 4.78 is 16.2. The molecule has 0 radical (unpaired) electrons. The van der Waals surface area contributed by atoms with E-state index in [1.165, 1.54) is 12.7 Å². The van der Waals surface area contributed by atoms with Crippen molar-refractivity contribution in [1.29, 1.82) is 0 Å². The highest BCUT2D eigenvalue weighted by molar-refractivity contribution is 5.90. The van der Waals surface area contributed by atoms with Gasteiger partial charge in [-0.3, -0.25) is 4.99 Å². The Morgan fingerprint density at radius 2 is 2.00 bits per heavy atom. The second kappa shape index (κ2) is 11.1. The van der Waals surface area contributed by atoms with Gasteiger partial charge in [-0.25, -0.2) is 4.79 Å². The molecule has 1 unspecified atom stereocenters. The second-order valence-electron chi connectivity index (χ2n) is 6.30. The fourth-order valence-corrected chi connectivity index (χ4v) is 2.69. The van der Waals surface area contributed by atoms with E-state index in [1.54, 1.807) is 20.0 Å². The van der Waals surface area contributed by atoms with Crippen molar-refractivity contribution in [3.63, 3.8) is 0 Å². The summed E-state index contributed by atoms with van der Waals surface area (Å²) in [6, 6.07) is 11.8. The lowest BCUT2D eigenvalue weighted by Crippen LogP contribution is -2.37. The van der Waals surface area contributed by atoms with Crippen LogP contribution in [0.2, 0.25) is 0 Å². The van der Waals surface area contributed by atoms with Crippen LogP contribution in [-0.2, 0) is 16.0 Å². The van der Waals surface area contributed by atoms with Crippen LogP contribution in [0, 0.1) is 6.92 Å². The molecule has 0 bridgehead atoms. The molecule has 0 amide bonds. The van der Waals surface area contributed by atoms with Crippen molar-refractivity contribution in [1.82, 2.24) is 10.6 Å². The standard InChI is InChI=1S/C21H29N3O4/c1-15(17-9-6-5-7-10-17)27-12-8-11-23-21(22-3)24-14-18-13-19(16(2)28-18)20(25)26-4/h5-7,9-10,13,15H,8,11-12,14H2,1-4H3,(H2,22,23,24). The largest absolute Gasteiger partial charge is 0.465 e.